The first-order chi connectivity index (χ1) is 6.29. The van der Waals surface area contributed by atoms with Crippen LogP contribution in [0.1, 0.15) is 18.4 Å². The van der Waals surface area contributed by atoms with Crippen LogP contribution in [0.4, 0.5) is 0 Å². The quantitative estimate of drug-likeness (QED) is 0.824. The molecule has 1 aliphatic rings. The molecule has 3 nitrogen and oxygen atoms in total. The molecule has 13 heavy (non-hydrogen) atoms. The largest absolute Gasteiger partial charge is 0.488 e. The first kappa shape index (κ1) is 8.97. The fraction of sp³-hybridized carbons (Fsp3) is 0.444. The summed E-state index contributed by atoms with van der Waals surface area (Å²) in [5.41, 5.74) is 6.50. The molecule has 1 fully saturated rings. The van der Waals surface area contributed by atoms with E-state index in [-0.39, 0.29) is 0 Å². The average Bonchev–Trinajstić information content (AvgIpc) is 2.93. The molecule has 0 amide bonds. The van der Waals surface area contributed by atoms with Gasteiger partial charge >= 0.3 is 0 Å². The highest BCUT2D eigenvalue weighted by Gasteiger charge is 2.24. The van der Waals surface area contributed by atoms with E-state index >= 15 is 0 Å². The van der Waals surface area contributed by atoms with Crippen molar-refractivity contribution in [2.45, 2.75) is 25.5 Å². The molecule has 0 radical (unpaired) electrons. The SMILES string of the molecule is NCc1cnc(Br)c(OC2CC2)c1. The summed E-state index contributed by atoms with van der Waals surface area (Å²) >= 11 is 3.34. The zero-order valence-electron chi connectivity index (χ0n) is 7.16. The third kappa shape index (κ3) is 2.19. The van der Waals surface area contributed by atoms with Crippen molar-refractivity contribution >= 4 is 15.9 Å². The van der Waals surface area contributed by atoms with Gasteiger partial charge in [0.1, 0.15) is 4.60 Å². The van der Waals surface area contributed by atoms with Crippen LogP contribution in [0, 0.1) is 0 Å². The third-order valence-electron chi connectivity index (χ3n) is 1.92. The van der Waals surface area contributed by atoms with E-state index in [0.29, 0.717) is 12.6 Å². The van der Waals surface area contributed by atoms with Crippen LogP contribution in [0.25, 0.3) is 0 Å². The van der Waals surface area contributed by atoms with E-state index in [4.69, 9.17) is 10.5 Å². The molecule has 1 aromatic heterocycles. The second-order valence-electron chi connectivity index (χ2n) is 3.15. The Kier molecular flexibility index (Phi) is 2.51. The molecule has 0 unspecified atom stereocenters. The minimum atomic E-state index is 0.395. The van der Waals surface area contributed by atoms with Gasteiger partial charge in [0.25, 0.3) is 0 Å². The van der Waals surface area contributed by atoms with Crippen LogP contribution in [-0.4, -0.2) is 11.1 Å². The average molecular weight is 243 g/mol. The van der Waals surface area contributed by atoms with Crippen LogP contribution < -0.4 is 10.5 Å². The second kappa shape index (κ2) is 3.64. The van der Waals surface area contributed by atoms with Gasteiger partial charge in [-0.2, -0.15) is 0 Å². The van der Waals surface area contributed by atoms with Gasteiger partial charge < -0.3 is 10.5 Å². The number of rotatable bonds is 3. The summed E-state index contributed by atoms with van der Waals surface area (Å²) in [5, 5.41) is 0. The van der Waals surface area contributed by atoms with Gasteiger partial charge in [-0.1, -0.05) is 0 Å². The van der Waals surface area contributed by atoms with E-state index in [0.717, 1.165) is 28.8 Å². The lowest BCUT2D eigenvalue weighted by Gasteiger charge is -2.07. The van der Waals surface area contributed by atoms with Gasteiger partial charge in [0, 0.05) is 12.7 Å². The number of pyridine rings is 1. The maximum absolute atomic E-state index is 5.63. The van der Waals surface area contributed by atoms with Crippen molar-refractivity contribution in [3.05, 3.63) is 22.4 Å². The molecular weight excluding hydrogens is 232 g/mol. The minimum absolute atomic E-state index is 0.395. The number of ether oxygens (including phenoxy) is 1. The normalized spacial score (nSPS) is 15.8. The van der Waals surface area contributed by atoms with Crippen LogP contribution in [-0.2, 0) is 6.54 Å². The molecular formula is C9H11BrN2O. The van der Waals surface area contributed by atoms with E-state index in [1.54, 1.807) is 6.20 Å². The lowest BCUT2D eigenvalue weighted by molar-refractivity contribution is 0.299. The van der Waals surface area contributed by atoms with Crippen molar-refractivity contribution in [1.82, 2.24) is 4.98 Å². The summed E-state index contributed by atoms with van der Waals surface area (Å²) in [5.74, 6) is 0.811. The first-order valence-electron chi connectivity index (χ1n) is 4.30. The van der Waals surface area contributed by atoms with Gasteiger partial charge in [0.05, 0.1) is 6.10 Å². The lowest BCUT2D eigenvalue weighted by atomic mass is 10.3. The Morgan fingerprint density at radius 3 is 3.00 bits per heavy atom. The Hall–Kier alpha value is -0.610. The Morgan fingerprint density at radius 1 is 1.62 bits per heavy atom. The molecule has 2 rings (SSSR count). The van der Waals surface area contributed by atoms with E-state index < -0.39 is 0 Å². The van der Waals surface area contributed by atoms with Crippen LogP contribution in [0.5, 0.6) is 5.75 Å². The van der Waals surface area contributed by atoms with Gasteiger partial charge in [-0.3, -0.25) is 0 Å². The van der Waals surface area contributed by atoms with E-state index in [1.807, 2.05) is 6.07 Å². The standard InChI is InChI=1S/C9H11BrN2O/c10-9-8(13-7-1-2-7)3-6(4-11)5-12-9/h3,5,7H,1-2,4,11H2. The van der Waals surface area contributed by atoms with Crippen molar-refractivity contribution in [3.8, 4) is 5.75 Å². The zero-order chi connectivity index (χ0) is 9.26. The summed E-state index contributed by atoms with van der Waals surface area (Å²) in [6.07, 6.45) is 4.45. The Labute approximate surface area is 85.4 Å². The van der Waals surface area contributed by atoms with Crippen molar-refractivity contribution in [2.75, 3.05) is 0 Å². The molecule has 1 aromatic rings. The number of nitrogens with zero attached hydrogens (tertiary/aromatic N) is 1. The van der Waals surface area contributed by atoms with E-state index in [9.17, 15) is 0 Å². The number of halogens is 1. The topological polar surface area (TPSA) is 48.1 Å². The zero-order valence-corrected chi connectivity index (χ0v) is 8.75. The van der Waals surface area contributed by atoms with E-state index in [1.165, 1.54) is 0 Å². The van der Waals surface area contributed by atoms with Crippen molar-refractivity contribution in [3.63, 3.8) is 0 Å². The minimum Gasteiger partial charge on any atom is -0.488 e. The highest BCUT2D eigenvalue weighted by Crippen LogP contribution is 2.31. The summed E-state index contributed by atoms with van der Waals surface area (Å²) in [4.78, 5) is 4.14. The highest BCUT2D eigenvalue weighted by molar-refractivity contribution is 9.10. The number of hydrogen-bond donors (Lipinski definition) is 1. The third-order valence-corrected chi connectivity index (χ3v) is 2.51. The predicted molar refractivity (Wildman–Crippen MR) is 53.5 cm³/mol. The Morgan fingerprint density at radius 2 is 2.38 bits per heavy atom. The smallest absolute Gasteiger partial charge is 0.152 e. The highest BCUT2D eigenvalue weighted by atomic mass is 79.9. The predicted octanol–water partition coefficient (Wildman–Crippen LogP) is 1.84. The molecule has 0 saturated heterocycles. The molecule has 1 aliphatic carbocycles. The fourth-order valence-electron chi connectivity index (χ4n) is 1.03. The van der Waals surface area contributed by atoms with Crippen LogP contribution in [0.15, 0.2) is 16.9 Å². The maximum atomic E-state index is 5.63. The van der Waals surface area contributed by atoms with Crippen molar-refractivity contribution in [1.29, 1.82) is 0 Å². The number of nitrogens with two attached hydrogens (primary N) is 1. The van der Waals surface area contributed by atoms with Gasteiger partial charge in [0.15, 0.2) is 5.75 Å². The van der Waals surface area contributed by atoms with Crippen LogP contribution in [0.3, 0.4) is 0 Å². The molecule has 0 atom stereocenters. The molecule has 0 aromatic carbocycles. The van der Waals surface area contributed by atoms with Crippen molar-refractivity contribution < 1.29 is 4.74 Å². The summed E-state index contributed by atoms with van der Waals surface area (Å²) in [6.45, 7) is 0.501. The first-order valence-corrected chi connectivity index (χ1v) is 5.10. The Bertz CT molecular complexity index is 312. The fourth-order valence-corrected chi connectivity index (χ4v) is 1.34. The van der Waals surface area contributed by atoms with Gasteiger partial charge in [-0.15, -0.1) is 0 Å². The monoisotopic (exact) mass is 242 g/mol. The molecule has 1 saturated carbocycles. The molecule has 1 heterocycles. The molecule has 70 valence electrons. The van der Waals surface area contributed by atoms with Crippen LogP contribution >= 0.6 is 15.9 Å². The number of hydrogen-bond acceptors (Lipinski definition) is 3. The molecule has 0 spiro atoms. The van der Waals surface area contributed by atoms with Gasteiger partial charge in [-0.05, 0) is 40.4 Å². The van der Waals surface area contributed by atoms with Crippen LogP contribution in [0.2, 0.25) is 0 Å². The van der Waals surface area contributed by atoms with Crippen molar-refractivity contribution in [2.24, 2.45) is 5.73 Å². The van der Waals surface area contributed by atoms with Gasteiger partial charge in [-0.25, -0.2) is 4.98 Å². The Balaban J connectivity index is 2.19. The van der Waals surface area contributed by atoms with Gasteiger partial charge in [0.2, 0.25) is 0 Å². The maximum Gasteiger partial charge on any atom is 0.152 e. The molecule has 0 aliphatic heterocycles. The summed E-state index contributed by atoms with van der Waals surface area (Å²) < 4.78 is 6.39. The summed E-state index contributed by atoms with van der Waals surface area (Å²) in [7, 11) is 0. The summed E-state index contributed by atoms with van der Waals surface area (Å²) in [6, 6.07) is 1.94. The molecule has 0 bridgehead atoms. The molecule has 2 N–H and O–H groups in total. The second-order valence-corrected chi connectivity index (χ2v) is 3.90. The lowest BCUT2D eigenvalue weighted by Crippen LogP contribution is -2.01. The number of aromatic nitrogens is 1. The van der Waals surface area contributed by atoms with E-state index in [2.05, 4.69) is 20.9 Å². The molecule has 4 heteroatoms.